The second-order valence-corrected chi connectivity index (χ2v) is 8.06. The van der Waals surface area contributed by atoms with Crippen LogP contribution >= 0.6 is 0 Å². The molecule has 0 saturated heterocycles. The van der Waals surface area contributed by atoms with Gasteiger partial charge < -0.3 is 18.6 Å². The Kier molecular flexibility index (Phi) is 7.40. The van der Waals surface area contributed by atoms with Gasteiger partial charge in [0.1, 0.15) is 0 Å². The molecule has 0 bridgehead atoms. The molecule has 1 N–H and O–H groups in total. The molecule has 114 valence electrons. The maximum atomic E-state index is 5.62. The summed E-state index contributed by atoms with van der Waals surface area (Å²) in [5.74, 6) is 0. The number of nitrogens with one attached hydrogen (secondary N) is 1. The molecule has 0 aliphatic rings. The fraction of sp³-hybridized carbons (Fsp3) is 0.600. The number of hydrogen-bond donors (Lipinski definition) is 1. The highest BCUT2D eigenvalue weighted by Gasteiger charge is 2.48. The number of benzene rings is 1. The highest BCUT2D eigenvalue weighted by molar-refractivity contribution is 6.62. The van der Waals surface area contributed by atoms with E-state index in [4.69, 9.17) is 13.3 Å². The van der Waals surface area contributed by atoms with Gasteiger partial charge >= 0.3 is 8.80 Å². The summed E-state index contributed by atoms with van der Waals surface area (Å²) in [6.45, 7) is 5.14. The van der Waals surface area contributed by atoms with Gasteiger partial charge in [0.05, 0.1) is 0 Å². The van der Waals surface area contributed by atoms with Gasteiger partial charge in [-0.05, 0) is 18.9 Å². The van der Waals surface area contributed by atoms with Crippen LogP contribution in [0.2, 0.25) is 5.54 Å². The van der Waals surface area contributed by atoms with Gasteiger partial charge in [-0.3, -0.25) is 0 Å². The normalized spacial score (nSPS) is 15.1. The van der Waals surface area contributed by atoms with Gasteiger partial charge in [0, 0.05) is 39.5 Å². The van der Waals surface area contributed by atoms with E-state index in [2.05, 4.69) is 43.4 Å². The van der Waals surface area contributed by atoms with E-state index >= 15 is 0 Å². The van der Waals surface area contributed by atoms with Gasteiger partial charge in [-0.1, -0.05) is 37.3 Å². The average Bonchev–Trinajstić information content (AvgIpc) is 2.51. The van der Waals surface area contributed by atoms with Gasteiger partial charge in [-0.15, -0.1) is 0 Å². The molecular formula is C15H27NO3Si. The highest BCUT2D eigenvalue weighted by Crippen LogP contribution is 2.30. The molecule has 4 nitrogen and oxygen atoms in total. The molecule has 0 aliphatic heterocycles. The predicted molar refractivity (Wildman–Crippen MR) is 83.6 cm³/mol. The van der Waals surface area contributed by atoms with E-state index in [0.29, 0.717) is 0 Å². The Labute approximate surface area is 123 Å². The van der Waals surface area contributed by atoms with Gasteiger partial charge in [0.2, 0.25) is 0 Å². The van der Waals surface area contributed by atoms with Crippen LogP contribution in [-0.4, -0.2) is 36.2 Å². The summed E-state index contributed by atoms with van der Waals surface area (Å²) in [6, 6.07) is 10.6. The fourth-order valence-corrected chi connectivity index (χ4v) is 5.27. The minimum absolute atomic E-state index is 0.228. The van der Waals surface area contributed by atoms with Crippen molar-refractivity contribution >= 4 is 8.80 Å². The molecule has 2 atom stereocenters. The SMILES string of the molecule is CCC(C(C)NCc1ccccc1)[Si](OC)(OC)OC. The highest BCUT2D eigenvalue weighted by atomic mass is 28.4. The van der Waals surface area contributed by atoms with E-state index in [1.807, 2.05) is 6.07 Å². The standard InChI is InChI=1S/C15H27NO3Si/c1-6-15(20(17-3,18-4)19-5)13(2)16-12-14-10-8-7-9-11-14/h7-11,13,15-16H,6,12H2,1-5H3. The van der Waals surface area contributed by atoms with Crippen molar-refractivity contribution in [3.8, 4) is 0 Å². The van der Waals surface area contributed by atoms with Crippen LogP contribution in [0.5, 0.6) is 0 Å². The van der Waals surface area contributed by atoms with Crippen LogP contribution in [-0.2, 0) is 19.8 Å². The summed E-state index contributed by atoms with van der Waals surface area (Å²) in [5.41, 5.74) is 1.50. The summed E-state index contributed by atoms with van der Waals surface area (Å²) in [4.78, 5) is 0. The average molecular weight is 297 g/mol. The van der Waals surface area contributed by atoms with Crippen LogP contribution in [0.3, 0.4) is 0 Å². The zero-order chi connectivity index (χ0) is 15.0. The summed E-state index contributed by atoms with van der Waals surface area (Å²) in [7, 11) is 2.41. The first-order valence-corrected chi connectivity index (χ1v) is 8.86. The minimum Gasteiger partial charge on any atom is -0.377 e. The second kappa shape index (κ2) is 8.54. The molecule has 5 heteroatoms. The monoisotopic (exact) mass is 297 g/mol. The van der Waals surface area contributed by atoms with Gasteiger partial charge in [-0.25, -0.2) is 0 Å². The van der Waals surface area contributed by atoms with Crippen molar-refractivity contribution in [3.05, 3.63) is 35.9 Å². The smallest absolute Gasteiger partial charge is 0.377 e. The Bertz CT molecular complexity index is 362. The van der Waals surface area contributed by atoms with Crippen LogP contribution in [0.25, 0.3) is 0 Å². The molecule has 0 amide bonds. The number of rotatable bonds is 9. The van der Waals surface area contributed by atoms with Crippen molar-refractivity contribution < 1.29 is 13.3 Å². The summed E-state index contributed by atoms with van der Waals surface area (Å²) < 4.78 is 16.9. The predicted octanol–water partition coefficient (Wildman–Crippen LogP) is 2.82. The molecule has 0 radical (unpaired) electrons. The molecule has 20 heavy (non-hydrogen) atoms. The zero-order valence-corrected chi connectivity index (χ0v) is 14.2. The Balaban J connectivity index is 2.69. The Morgan fingerprint density at radius 1 is 1.05 bits per heavy atom. The first-order chi connectivity index (χ1) is 9.63. The number of hydrogen-bond acceptors (Lipinski definition) is 4. The van der Waals surface area contributed by atoms with Crippen LogP contribution < -0.4 is 5.32 Å². The summed E-state index contributed by atoms with van der Waals surface area (Å²) >= 11 is 0. The van der Waals surface area contributed by atoms with E-state index < -0.39 is 8.80 Å². The molecule has 0 saturated carbocycles. The van der Waals surface area contributed by atoms with Gasteiger partial charge in [0.25, 0.3) is 0 Å². The third-order valence-electron chi connectivity index (χ3n) is 3.82. The summed E-state index contributed by atoms with van der Waals surface area (Å²) in [5, 5.41) is 3.55. The van der Waals surface area contributed by atoms with Gasteiger partial charge in [0.15, 0.2) is 0 Å². The molecule has 1 rings (SSSR count). The van der Waals surface area contributed by atoms with E-state index in [-0.39, 0.29) is 11.6 Å². The molecule has 2 unspecified atom stereocenters. The van der Waals surface area contributed by atoms with E-state index in [0.717, 1.165) is 13.0 Å². The van der Waals surface area contributed by atoms with Crippen LogP contribution in [0.4, 0.5) is 0 Å². The van der Waals surface area contributed by atoms with Crippen LogP contribution in [0, 0.1) is 0 Å². The molecule has 1 aromatic carbocycles. The lowest BCUT2D eigenvalue weighted by atomic mass is 10.1. The van der Waals surface area contributed by atoms with Gasteiger partial charge in [-0.2, -0.15) is 0 Å². The minimum atomic E-state index is -2.61. The molecule has 0 aliphatic carbocycles. The quantitative estimate of drug-likeness (QED) is 0.712. The van der Waals surface area contributed by atoms with E-state index in [1.165, 1.54) is 5.56 Å². The molecule has 0 fully saturated rings. The maximum Gasteiger partial charge on any atom is 0.504 e. The largest absolute Gasteiger partial charge is 0.504 e. The molecular weight excluding hydrogens is 270 g/mol. The lowest BCUT2D eigenvalue weighted by Gasteiger charge is -2.35. The third-order valence-corrected chi connectivity index (χ3v) is 7.35. The van der Waals surface area contributed by atoms with Crippen molar-refractivity contribution in [2.24, 2.45) is 0 Å². The van der Waals surface area contributed by atoms with Crippen molar-refractivity contribution in [2.75, 3.05) is 21.3 Å². The molecule has 0 spiro atoms. The first kappa shape index (κ1) is 17.3. The van der Waals surface area contributed by atoms with Crippen molar-refractivity contribution in [3.63, 3.8) is 0 Å². The zero-order valence-electron chi connectivity index (χ0n) is 13.2. The van der Waals surface area contributed by atoms with Crippen molar-refractivity contribution in [1.29, 1.82) is 0 Å². The van der Waals surface area contributed by atoms with Crippen molar-refractivity contribution in [2.45, 2.75) is 38.4 Å². The van der Waals surface area contributed by atoms with Crippen LogP contribution in [0.15, 0.2) is 30.3 Å². The van der Waals surface area contributed by atoms with Crippen LogP contribution in [0.1, 0.15) is 25.8 Å². The Morgan fingerprint density at radius 2 is 1.60 bits per heavy atom. The topological polar surface area (TPSA) is 39.7 Å². The Morgan fingerprint density at radius 3 is 2.05 bits per heavy atom. The molecule has 0 heterocycles. The summed E-state index contributed by atoms with van der Waals surface area (Å²) in [6.07, 6.45) is 0.949. The maximum absolute atomic E-state index is 5.62. The van der Waals surface area contributed by atoms with Crippen molar-refractivity contribution in [1.82, 2.24) is 5.32 Å². The third kappa shape index (κ3) is 4.13. The Hall–Kier alpha value is -0.723. The first-order valence-electron chi connectivity index (χ1n) is 7.06. The molecule has 1 aromatic rings. The van der Waals surface area contributed by atoms with E-state index in [9.17, 15) is 0 Å². The molecule has 0 aromatic heterocycles. The van der Waals surface area contributed by atoms with E-state index in [1.54, 1.807) is 21.3 Å². The fourth-order valence-electron chi connectivity index (χ4n) is 2.63. The second-order valence-electron chi connectivity index (χ2n) is 4.89. The lowest BCUT2D eigenvalue weighted by Crippen LogP contribution is -2.53. The lowest BCUT2D eigenvalue weighted by molar-refractivity contribution is 0.104.